The Hall–Kier alpha value is -0.480. The molecule has 98 valence electrons. The smallest absolute Gasteiger partial charge is 0.162 e. The molecule has 0 bridgehead atoms. The van der Waals surface area contributed by atoms with E-state index in [9.17, 15) is 0 Å². The standard InChI is InChI=1S/C14H16Br2O2/c1-17-12-7-6-10(9-14(15)16)8-13(12)18-11-4-2-3-5-11/h6-9,11H,2-5H2,1H3. The number of rotatable bonds is 4. The van der Waals surface area contributed by atoms with Gasteiger partial charge in [0, 0.05) is 0 Å². The van der Waals surface area contributed by atoms with Gasteiger partial charge in [-0.3, -0.25) is 0 Å². The summed E-state index contributed by atoms with van der Waals surface area (Å²) in [5.41, 5.74) is 1.08. The van der Waals surface area contributed by atoms with Gasteiger partial charge in [-0.2, -0.15) is 0 Å². The van der Waals surface area contributed by atoms with Gasteiger partial charge < -0.3 is 9.47 Å². The molecule has 1 aromatic carbocycles. The zero-order valence-electron chi connectivity index (χ0n) is 10.3. The van der Waals surface area contributed by atoms with E-state index in [2.05, 4.69) is 31.9 Å². The maximum Gasteiger partial charge on any atom is 0.162 e. The Labute approximate surface area is 125 Å². The highest BCUT2D eigenvalue weighted by atomic mass is 79.9. The van der Waals surface area contributed by atoms with E-state index >= 15 is 0 Å². The van der Waals surface area contributed by atoms with Gasteiger partial charge in [0.2, 0.25) is 0 Å². The Morgan fingerprint density at radius 1 is 1.22 bits per heavy atom. The maximum absolute atomic E-state index is 6.03. The molecule has 2 rings (SSSR count). The van der Waals surface area contributed by atoms with Crippen LogP contribution in [0.2, 0.25) is 0 Å². The molecule has 1 saturated carbocycles. The van der Waals surface area contributed by atoms with Crippen molar-refractivity contribution in [3.63, 3.8) is 0 Å². The lowest BCUT2D eigenvalue weighted by molar-refractivity contribution is 0.201. The average molecular weight is 376 g/mol. The molecule has 0 spiro atoms. The van der Waals surface area contributed by atoms with Crippen molar-refractivity contribution >= 4 is 37.9 Å². The fourth-order valence-electron chi connectivity index (χ4n) is 2.19. The first-order valence-corrected chi connectivity index (χ1v) is 7.65. The Kier molecular flexibility index (Phi) is 5.13. The first kappa shape index (κ1) is 13.9. The molecule has 1 aliphatic rings. The molecule has 0 amide bonds. The number of halogens is 2. The molecular formula is C14H16Br2O2. The minimum absolute atomic E-state index is 0.338. The third-order valence-electron chi connectivity index (χ3n) is 3.06. The van der Waals surface area contributed by atoms with Crippen molar-refractivity contribution in [1.29, 1.82) is 0 Å². The van der Waals surface area contributed by atoms with E-state index in [0.29, 0.717) is 6.10 Å². The number of ether oxygens (including phenoxy) is 2. The second kappa shape index (κ2) is 6.62. The van der Waals surface area contributed by atoms with Crippen LogP contribution in [0.3, 0.4) is 0 Å². The van der Waals surface area contributed by atoms with Crippen molar-refractivity contribution in [1.82, 2.24) is 0 Å². The van der Waals surface area contributed by atoms with E-state index in [1.807, 2.05) is 24.3 Å². The van der Waals surface area contributed by atoms with E-state index in [0.717, 1.165) is 33.3 Å². The van der Waals surface area contributed by atoms with Crippen LogP contribution >= 0.6 is 31.9 Å². The molecule has 1 aliphatic carbocycles. The predicted octanol–water partition coefficient (Wildman–Crippen LogP) is 5.10. The molecule has 0 aromatic heterocycles. The maximum atomic E-state index is 6.03. The van der Waals surface area contributed by atoms with Gasteiger partial charge in [-0.05, 0) is 81.3 Å². The topological polar surface area (TPSA) is 18.5 Å². The van der Waals surface area contributed by atoms with Crippen molar-refractivity contribution in [2.45, 2.75) is 31.8 Å². The van der Waals surface area contributed by atoms with E-state index in [-0.39, 0.29) is 0 Å². The van der Waals surface area contributed by atoms with Gasteiger partial charge in [0.15, 0.2) is 11.5 Å². The van der Waals surface area contributed by atoms with E-state index in [1.54, 1.807) is 7.11 Å². The zero-order chi connectivity index (χ0) is 13.0. The van der Waals surface area contributed by atoms with Crippen molar-refractivity contribution in [3.05, 3.63) is 27.2 Å². The van der Waals surface area contributed by atoms with Crippen LogP contribution in [0.5, 0.6) is 11.5 Å². The van der Waals surface area contributed by atoms with Crippen molar-refractivity contribution in [3.8, 4) is 11.5 Å². The van der Waals surface area contributed by atoms with Crippen LogP contribution in [0.15, 0.2) is 21.6 Å². The normalized spacial score (nSPS) is 15.5. The molecule has 0 N–H and O–H groups in total. The molecule has 18 heavy (non-hydrogen) atoms. The summed E-state index contributed by atoms with van der Waals surface area (Å²) in [7, 11) is 1.67. The Morgan fingerprint density at radius 3 is 2.56 bits per heavy atom. The second-order valence-corrected chi connectivity index (χ2v) is 7.14. The molecule has 0 heterocycles. The average Bonchev–Trinajstić information content (AvgIpc) is 2.81. The van der Waals surface area contributed by atoms with Crippen molar-refractivity contribution in [2.24, 2.45) is 0 Å². The van der Waals surface area contributed by atoms with Crippen LogP contribution in [0.1, 0.15) is 31.2 Å². The van der Waals surface area contributed by atoms with Gasteiger partial charge in [-0.15, -0.1) is 0 Å². The van der Waals surface area contributed by atoms with Gasteiger partial charge in [-0.25, -0.2) is 0 Å². The van der Waals surface area contributed by atoms with Crippen LogP contribution in [-0.4, -0.2) is 13.2 Å². The molecule has 1 aromatic rings. The quantitative estimate of drug-likeness (QED) is 0.728. The highest BCUT2D eigenvalue weighted by Crippen LogP contribution is 2.33. The molecule has 0 saturated heterocycles. The van der Waals surface area contributed by atoms with Gasteiger partial charge in [-0.1, -0.05) is 6.07 Å². The number of benzene rings is 1. The third kappa shape index (κ3) is 3.75. The van der Waals surface area contributed by atoms with Gasteiger partial charge in [0.25, 0.3) is 0 Å². The van der Waals surface area contributed by atoms with Gasteiger partial charge in [0.1, 0.15) is 0 Å². The molecule has 0 aliphatic heterocycles. The molecule has 0 atom stereocenters. The number of methoxy groups -OCH3 is 1. The SMILES string of the molecule is COc1ccc(C=C(Br)Br)cc1OC1CCCC1. The third-order valence-corrected chi connectivity index (χ3v) is 3.52. The van der Waals surface area contributed by atoms with Crippen LogP contribution in [0.4, 0.5) is 0 Å². The monoisotopic (exact) mass is 374 g/mol. The molecule has 4 heteroatoms. The lowest BCUT2D eigenvalue weighted by Gasteiger charge is -2.16. The molecule has 1 fully saturated rings. The van der Waals surface area contributed by atoms with Crippen LogP contribution < -0.4 is 9.47 Å². The molecular weight excluding hydrogens is 360 g/mol. The largest absolute Gasteiger partial charge is 0.493 e. The summed E-state index contributed by atoms with van der Waals surface area (Å²) < 4.78 is 12.3. The minimum Gasteiger partial charge on any atom is -0.493 e. The fourth-order valence-corrected chi connectivity index (χ4v) is 2.72. The summed E-state index contributed by atoms with van der Waals surface area (Å²) in [5, 5.41) is 0. The van der Waals surface area contributed by atoms with Crippen molar-refractivity contribution < 1.29 is 9.47 Å². The summed E-state index contributed by atoms with van der Waals surface area (Å²) in [4.78, 5) is 0. The molecule has 2 nitrogen and oxygen atoms in total. The summed E-state index contributed by atoms with van der Waals surface area (Å²) >= 11 is 6.73. The summed E-state index contributed by atoms with van der Waals surface area (Å²) in [5.74, 6) is 1.63. The van der Waals surface area contributed by atoms with Crippen LogP contribution in [-0.2, 0) is 0 Å². The van der Waals surface area contributed by atoms with Crippen LogP contribution in [0.25, 0.3) is 6.08 Å². The first-order valence-electron chi connectivity index (χ1n) is 6.06. The Bertz CT molecular complexity index is 433. The highest BCUT2D eigenvalue weighted by Gasteiger charge is 2.18. The minimum atomic E-state index is 0.338. The molecule has 0 radical (unpaired) electrons. The first-order chi connectivity index (χ1) is 8.69. The van der Waals surface area contributed by atoms with Gasteiger partial charge in [0.05, 0.1) is 16.6 Å². The summed E-state index contributed by atoms with van der Waals surface area (Å²) in [6, 6.07) is 5.96. The molecule has 0 unspecified atom stereocenters. The van der Waals surface area contributed by atoms with E-state index in [1.165, 1.54) is 12.8 Å². The van der Waals surface area contributed by atoms with E-state index < -0.39 is 0 Å². The second-order valence-electron chi connectivity index (χ2n) is 4.37. The highest BCUT2D eigenvalue weighted by molar-refractivity contribution is 9.28. The lowest BCUT2D eigenvalue weighted by atomic mass is 10.2. The zero-order valence-corrected chi connectivity index (χ0v) is 13.5. The summed E-state index contributed by atoms with van der Waals surface area (Å²) in [6.07, 6.45) is 7.14. The lowest BCUT2D eigenvalue weighted by Crippen LogP contribution is -2.11. The Morgan fingerprint density at radius 2 is 1.94 bits per heavy atom. The predicted molar refractivity (Wildman–Crippen MR) is 81.7 cm³/mol. The Balaban J connectivity index is 2.21. The fraction of sp³-hybridized carbons (Fsp3) is 0.429. The van der Waals surface area contributed by atoms with Gasteiger partial charge >= 0.3 is 0 Å². The number of hydrogen-bond donors (Lipinski definition) is 0. The number of hydrogen-bond acceptors (Lipinski definition) is 2. The van der Waals surface area contributed by atoms with E-state index in [4.69, 9.17) is 9.47 Å². The summed E-state index contributed by atoms with van der Waals surface area (Å²) in [6.45, 7) is 0. The van der Waals surface area contributed by atoms with Crippen LogP contribution in [0, 0.1) is 0 Å². The van der Waals surface area contributed by atoms with Crippen molar-refractivity contribution in [2.75, 3.05) is 7.11 Å².